The zero-order chi connectivity index (χ0) is 26.2. The van der Waals surface area contributed by atoms with Crippen LogP contribution in [-0.2, 0) is 0 Å². The first-order chi connectivity index (χ1) is 17.9. The van der Waals surface area contributed by atoms with Crippen molar-refractivity contribution in [3.05, 3.63) is 90.0 Å². The van der Waals surface area contributed by atoms with E-state index in [1.54, 1.807) is 6.21 Å². The predicted molar refractivity (Wildman–Crippen MR) is 149 cm³/mol. The molecule has 6 heteroatoms. The molecule has 190 valence electrons. The van der Waals surface area contributed by atoms with Crippen molar-refractivity contribution in [2.75, 3.05) is 13.2 Å². The van der Waals surface area contributed by atoms with E-state index in [2.05, 4.69) is 24.4 Å². The Bertz CT molecular complexity index is 1360. The van der Waals surface area contributed by atoms with Gasteiger partial charge >= 0.3 is 0 Å². The third-order valence-electron chi connectivity index (χ3n) is 5.88. The molecule has 0 aliphatic rings. The summed E-state index contributed by atoms with van der Waals surface area (Å²) in [5.41, 5.74) is 6.67. The van der Waals surface area contributed by atoms with Gasteiger partial charge in [-0.1, -0.05) is 51.1 Å². The Hall–Kier alpha value is -4.19. The van der Waals surface area contributed by atoms with Gasteiger partial charge in [-0.3, -0.25) is 4.79 Å². The number of rotatable bonds is 10. The molecule has 3 aromatic carbocycles. The first-order valence-corrected chi connectivity index (χ1v) is 12.6. The molecule has 0 saturated carbocycles. The summed E-state index contributed by atoms with van der Waals surface area (Å²) >= 11 is 0. The summed E-state index contributed by atoms with van der Waals surface area (Å²) < 4.78 is 11.3. The maximum absolute atomic E-state index is 13.2. The Morgan fingerprint density at radius 2 is 1.62 bits per heavy atom. The van der Waals surface area contributed by atoms with Gasteiger partial charge in [0.2, 0.25) is 0 Å². The molecule has 1 N–H and O–H groups in total. The smallest absolute Gasteiger partial charge is 0.272 e. The zero-order valence-electron chi connectivity index (χ0n) is 21.8. The molecule has 0 saturated heterocycles. The number of hydrogen-bond acceptors (Lipinski definition) is 5. The van der Waals surface area contributed by atoms with E-state index in [1.165, 1.54) is 0 Å². The van der Waals surface area contributed by atoms with Crippen LogP contribution in [0.1, 0.15) is 49.5 Å². The quantitative estimate of drug-likeness (QED) is 0.193. The first kappa shape index (κ1) is 25.9. The van der Waals surface area contributed by atoms with Crippen molar-refractivity contribution in [2.45, 2.75) is 33.6 Å². The predicted octanol–water partition coefficient (Wildman–Crippen LogP) is 6.85. The number of para-hydroxylation sites is 1. The molecule has 1 heterocycles. The largest absolute Gasteiger partial charge is 0.494 e. The monoisotopic (exact) mass is 495 g/mol. The average Bonchev–Trinajstić information content (AvgIpc) is 2.92. The molecule has 1 atom stereocenters. The lowest BCUT2D eigenvalue weighted by atomic mass is 10.0. The molecule has 37 heavy (non-hydrogen) atoms. The number of amides is 1. The number of fused-ring (bicyclic) bond motifs is 1. The van der Waals surface area contributed by atoms with E-state index in [1.807, 2.05) is 92.7 Å². The van der Waals surface area contributed by atoms with Crippen LogP contribution in [0, 0.1) is 5.92 Å². The van der Waals surface area contributed by atoms with Gasteiger partial charge in [-0.05, 0) is 66.9 Å². The number of nitrogens with zero attached hydrogens (tertiary/aromatic N) is 2. The molecular formula is C31H33N3O3. The summed E-state index contributed by atoms with van der Waals surface area (Å²) in [6.07, 6.45) is 1.73. The maximum Gasteiger partial charge on any atom is 0.272 e. The Morgan fingerprint density at radius 1 is 0.946 bits per heavy atom. The molecule has 0 fully saturated rings. The Morgan fingerprint density at radius 3 is 2.32 bits per heavy atom. The third kappa shape index (κ3) is 6.73. The van der Waals surface area contributed by atoms with Crippen LogP contribution in [0.3, 0.4) is 0 Å². The van der Waals surface area contributed by atoms with Crippen molar-refractivity contribution >= 4 is 23.0 Å². The standard InChI is InChI=1S/C31H33N3O3/c1-5-36-25-16-12-24(13-17-25)30-18-28(27-8-6-7-9-29(27)33-30)31(35)34-32-19-22(4)23-10-14-26(15-11-23)37-20-21(2)3/h6-19,21-22H,5,20H2,1-4H3,(H,34,35)/b32-19-/t22-/m0/s1. The van der Waals surface area contributed by atoms with E-state index in [-0.39, 0.29) is 11.8 Å². The SMILES string of the molecule is CCOc1ccc(-c2cc(C(=O)N/N=C\[C@H](C)c3ccc(OCC(C)C)cc3)c3ccccc3n2)cc1. The average molecular weight is 496 g/mol. The number of hydrogen-bond donors (Lipinski definition) is 1. The van der Waals surface area contributed by atoms with E-state index in [0.717, 1.165) is 33.5 Å². The van der Waals surface area contributed by atoms with Gasteiger partial charge in [-0.25, -0.2) is 10.4 Å². The Balaban J connectivity index is 1.49. The van der Waals surface area contributed by atoms with Crippen LogP contribution in [0.4, 0.5) is 0 Å². The van der Waals surface area contributed by atoms with Crippen LogP contribution < -0.4 is 14.9 Å². The van der Waals surface area contributed by atoms with Crippen LogP contribution in [0.25, 0.3) is 22.2 Å². The molecule has 0 aliphatic heterocycles. The van der Waals surface area contributed by atoms with Crippen molar-refractivity contribution in [2.24, 2.45) is 11.0 Å². The molecule has 4 aromatic rings. The molecule has 1 aromatic heterocycles. The highest BCUT2D eigenvalue weighted by molar-refractivity contribution is 6.07. The first-order valence-electron chi connectivity index (χ1n) is 12.6. The Labute approximate surface area is 218 Å². The van der Waals surface area contributed by atoms with Crippen molar-refractivity contribution in [1.82, 2.24) is 10.4 Å². The van der Waals surface area contributed by atoms with Gasteiger partial charge in [0.05, 0.1) is 30.0 Å². The van der Waals surface area contributed by atoms with Crippen molar-refractivity contribution in [1.29, 1.82) is 0 Å². The Kier molecular flexibility index (Phi) is 8.52. The number of aromatic nitrogens is 1. The van der Waals surface area contributed by atoms with E-state index in [9.17, 15) is 4.79 Å². The highest BCUT2D eigenvalue weighted by Crippen LogP contribution is 2.26. The van der Waals surface area contributed by atoms with E-state index < -0.39 is 0 Å². The molecule has 0 aliphatic carbocycles. The van der Waals surface area contributed by atoms with Gasteiger partial charge in [0.1, 0.15) is 11.5 Å². The minimum absolute atomic E-state index is 0.0213. The number of nitrogens with one attached hydrogen (secondary N) is 1. The molecule has 6 nitrogen and oxygen atoms in total. The van der Waals surface area contributed by atoms with E-state index >= 15 is 0 Å². The van der Waals surface area contributed by atoms with Crippen molar-refractivity contribution in [3.63, 3.8) is 0 Å². The number of hydrazone groups is 1. The fourth-order valence-electron chi connectivity index (χ4n) is 3.88. The fraction of sp³-hybridized carbons (Fsp3) is 0.258. The molecule has 4 rings (SSSR count). The lowest BCUT2D eigenvalue weighted by Gasteiger charge is -2.11. The molecule has 0 unspecified atom stereocenters. The molecule has 1 amide bonds. The molecule has 0 bridgehead atoms. The minimum Gasteiger partial charge on any atom is -0.494 e. The number of benzene rings is 3. The topological polar surface area (TPSA) is 72.8 Å². The van der Waals surface area contributed by atoms with Crippen LogP contribution >= 0.6 is 0 Å². The summed E-state index contributed by atoms with van der Waals surface area (Å²) in [4.78, 5) is 18.0. The number of pyridine rings is 1. The van der Waals surface area contributed by atoms with Gasteiger partial charge in [-0.2, -0.15) is 5.10 Å². The molecule has 0 radical (unpaired) electrons. The van der Waals surface area contributed by atoms with Crippen LogP contribution in [0.5, 0.6) is 11.5 Å². The van der Waals surface area contributed by atoms with E-state index in [0.29, 0.717) is 30.4 Å². The highest BCUT2D eigenvalue weighted by Gasteiger charge is 2.14. The lowest BCUT2D eigenvalue weighted by molar-refractivity contribution is 0.0956. The number of carbonyl (C=O) groups is 1. The maximum atomic E-state index is 13.2. The second kappa shape index (κ2) is 12.2. The second-order valence-electron chi connectivity index (χ2n) is 9.31. The van der Waals surface area contributed by atoms with Gasteiger partial charge in [0.15, 0.2) is 0 Å². The fourth-order valence-corrected chi connectivity index (χ4v) is 3.88. The molecule has 0 spiro atoms. The third-order valence-corrected chi connectivity index (χ3v) is 5.88. The number of carbonyl (C=O) groups excluding carboxylic acids is 1. The highest BCUT2D eigenvalue weighted by atomic mass is 16.5. The van der Waals surface area contributed by atoms with Gasteiger partial charge in [0.25, 0.3) is 5.91 Å². The van der Waals surface area contributed by atoms with Crippen LogP contribution in [0.15, 0.2) is 84.0 Å². The van der Waals surface area contributed by atoms with Crippen LogP contribution in [-0.4, -0.2) is 30.3 Å². The van der Waals surface area contributed by atoms with Crippen LogP contribution in [0.2, 0.25) is 0 Å². The lowest BCUT2D eigenvalue weighted by Crippen LogP contribution is -2.19. The summed E-state index contributed by atoms with van der Waals surface area (Å²) in [7, 11) is 0. The molecular weight excluding hydrogens is 462 g/mol. The van der Waals surface area contributed by atoms with Gasteiger partial charge < -0.3 is 9.47 Å². The van der Waals surface area contributed by atoms with Crippen molar-refractivity contribution in [3.8, 4) is 22.8 Å². The summed E-state index contributed by atoms with van der Waals surface area (Å²) in [6.45, 7) is 9.52. The van der Waals surface area contributed by atoms with E-state index in [4.69, 9.17) is 14.5 Å². The minimum atomic E-state index is -0.285. The normalized spacial score (nSPS) is 12.1. The van der Waals surface area contributed by atoms with Crippen molar-refractivity contribution < 1.29 is 14.3 Å². The zero-order valence-corrected chi connectivity index (χ0v) is 21.8. The second-order valence-corrected chi connectivity index (χ2v) is 9.31. The number of ether oxygens (including phenoxy) is 2. The van der Waals surface area contributed by atoms with Gasteiger partial charge in [0, 0.05) is 23.1 Å². The van der Waals surface area contributed by atoms with Gasteiger partial charge in [-0.15, -0.1) is 0 Å². The summed E-state index contributed by atoms with van der Waals surface area (Å²) in [5, 5.41) is 5.03. The summed E-state index contributed by atoms with van der Waals surface area (Å²) in [5.74, 6) is 1.86. The summed E-state index contributed by atoms with van der Waals surface area (Å²) in [6, 6.07) is 25.1.